The van der Waals surface area contributed by atoms with Crippen LogP contribution in [0, 0.1) is 6.92 Å². The van der Waals surface area contributed by atoms with Gasteiger partial charge in [0.1, 0.15) is 16.2 Å². The Bertz CT molecular complexity index is 992. The first-order valence-electron chi connectivity index (χ1n) is 11.7. The molecule has 12 heteroatoms. The summed E-state index contributed by atoms with van der Waals surface area (Å²) in [6.07, 6.45) is 5.56. The molecular weight excluding hydrogens is 454 g/mol. The molecule has 2 fully saturated rings. The van der Waals surface area contributed by atoms with Gasteiger partial charge in [-0.2, -0.15) is 0 Å². The maximum absolute atomic E-state index is 11.6. The lowest BCUT2D eigenvalue weighted by Crippen LogP contribution is -2.45. The maximum atomic E-state index is 11.6. The number of nitrogens with zero attached hydrogens (tertiary/aromatic N) is 6. The van der Waals surface area contributed by atoms with E-state index in [4.69, 9.17) is 26.2 Å². The van der Waals surface area contributed by atoms with Crippen molar-refractivity contribution in [2.24, 2.45) is 11.5 Å². The van der Waals surface area contributed by atoms with Crippen LogP contribution in [0.15, 0.2) is 22.3 Å². The van der Waals surface area contributed by atoms with Crippen molar-refractivity contribution in [3.63, 3.8) is 0 Å². The minimum atomic E-state index is -0.347. The van der Waals surface area contributed by atoms with Crippen LogP contribution >= 0.6 is 11.8 Å². The van der Waals surface area contributed by atoms with Crippen molar-refractivity contribution < 1.29 is 9.53 Å². The first-order chi connectivity index (χ1) is 16.4. The number of aryl methyl sites for hydroxylation is 1. The second kappa shape index (κ2) is 11.3. The van der Waals surface area contributed by atoms with Crippen LogP contribution in [-0.2, 0) is 4.79 Å². The van der Waals surface area contributed by atoms with Crippen LogP contribution in [0.3, 0.4) is 0 Å². The summed E-state index contributed by atoms with van der Waals surface area (Å²) in [5.74, 6) is 1.20. The minimum Gasteiger partial charge on any atom is -0.472 e. The lowest BCUT2D eigenvalue weighted by molar-refractivity contribution is -0.114. The number of ether oxygens (including phenoxy) is 1. The molecule has 0 aromatic carbocycles. The van der Waals surface area contributed by atoms with E-state index in [9.17, 15) is 4.79 Å². The van der Waals surface area contributed by atoms with E-state index in [0.29, 0.717) is 15.9 Å². The fourth-order valence-electron chi connectivity index (χ4n) is 4.01. The highest BCUT2D eigenvalue weighted by molar-refractivity contribution is 7.99. The summed E-state index contributed by atoms with van der Waals surface area (Å²) in [6, 6.07) is 2.09. The number of anilines is 2. The number of carbonyl (C=O) groups is 1. The topological polar surface area (TPSA) is 148 Å². The van der Waals surface area contributed by atoms with E-state index in [2.05, 4.69) is 32.1 Å². The van der Waals surface area contributed by atoms with Crippen molar-refractivity contribution in [1.82, 2.24) is 24.8 Å². The highest BCUT2D eigenvalue weighted by Crippen LogP contribution is 2.33. The van der Waals surface area contributed by atoms with E-state index in [1.807, 2.05) is 13.0 Å². The number of carbonyl (C=O) groups excluding carboxylic acids is 1. The van der Waals surface area contributed by atoms with Gasteiger partial charge in [0.05, 0.1) is 12.7 Å². The van der Waals surface area contributed by atoms with E-state index in [1.165, 1.54) is 11.8 Å². The summed E-state index contributed by atoms with van der Waals surface area (Å²) >= 11 is 1.35. The van der Waals surface area contributed by atoms with Gasteiger partial charge in [-0.3, -0.25) is 10.1 Å². The average molecular weight is 488 g/mol. The normalized spacial score (nSPS) is 21.4. The minimum absolute atomic E-state index is 0.0833. The number of aromatic nitrogens is 4. The van der Waals surface area contributed by atoms with Gasteiger partial charge in [0.15, 0.2) is 5.82 Å². The molecule has 5 N–H and O–H groups in total. The van der Waals surface area contributed by atoms with Crippen LogP contribution in [0.4, 0.5) is 11.8 Å². The SMILES string of the molecule is Cc1cc(Sc2cnc(N3CCN(C)CC3)c(OC3CCC(N)CC3)n2)nc(NC(=O)CN)n1. The molecule has 1 aliphatic heterocycles. The Morgan fingerprint density at radius 2 is 1.88 bits per heavy atom. The molecule has 0 bridgehead atoms. The van der Waals surface area contributed by atoms with Crippen molar-refractivity contribution in [2.45, 2.75) is 54.8 Å². The second-order valence-corrected chi connectivity index (χ2v) is 9.85. The van der Waals surface area contributed by atoms with Gasteiger partial charge >= 0.3 is 0 Å². The van der Waals surface area contributed by atoms with Crippen LogP contribution in [0.5, 0.6) is 5.88 Å². The van der Waals surface area contributed by atoms with Gasteiger partial charge in [-0.1, -0.05) is 0 Å². The van der Waals surface area contributed by atoms with Gasteiger partial charge in [-0.05, 0) is 57.5 Å². The lowest BCUT2D eigenvalue weighted by atomic mass is 9.94. The molecule has 184 valence electrons. The Hall–Kier alpha value is -2.54. The average Bonchev–Trinajstić information content (AvgIpc) is 2.81. The zero-order valence-electron chi connectivity index (χ0n) is 19.7. The summed E-state index contributed by atoms with van der Waals surface area (Å²) in [4.78, 5) is 34.4. The molecule has 1 saturated carbocycles. The van der Waals surface area contributed by atoms with Gasteiger partial charge in [0.25, 0.3) is 5.88 Å². The quantitative estimate of drug-likeness (QED) is 0.481. The molecule has 2 aromatic rings. The third-order valence-electron chi connectivity index (χ3n) is 5.98. The molecule has 0 spiro atoms. The first kappa shape index (κ1) is 24.6. The van der Waals surface area contributed by atoms with Crippen LogP contribution in [0.1, 0.15) is 31.4 Å². The summed E-state index contributed by atoms with van der Waals surface area (Å²) in [6.45, 7) is 5.39. The van der Waals surface area contributed by atoms with Crippen LogP contribution in [0.2, 0.25) is 0 Å². The molecule has 0 atom stereocenters. The van der Waals surface area contributed by atoms with Crippen molar-refractivity contribution in [3.05, 3.63) is 18.0 Å². The van der Waals surface area contributed by atoms with Crippen molar-refractivity contribution in [3.8, 4) is 5.88 Å². The van der Waals surface area contributed by atoms with Gasteiger partial charge < -0.3 is 26.0 Å². The zero-order chi connectivity index (χ0) is 24.1. The van der Waals surface area contributed by atoms with E-state index in [-0.39, 0.29) is 30.5 Å². The van der Waals surface area contributed by atoms with E-state index in [0.717, 1.165) is 63.4 Å². The summed E-state index contributed by atoms with van der Waals surface area (Å²) in [7, 11) is 2.12. The van der Waals surface area contributed by atoms with E-state index in [1.54, 1.807) is 6.20 Å². The van der Waals surface area contributed by atoms with Crippen molar-refractivity contribution in [1.29, 1.82) is 0 Å². The third-order valence-corrected chi connectivity index (χ3v) is 6.80. The molecule has 2 aromatic heterocycles. The highest BCUT2D eigenvalue weighted by atomic mass is 32.2. The number of piperazine rings is 1. The molecule has 0 unspecified atom stereocenters. The molecule has 2 aliphatic rings. The Morgan fingerprint density at radius 1 is 1.15 bits per heavy atom. The number of nitrogens with two attached hydrogens (primary N) is 2. The molecule has 1 aliphatic carbocycles. The molecule has 0 radical (unpaired) electrons. The monoisotopic (exact) mass is 487 g/mol. The van der Waals surface area contributed by atoms with Gasteiger partial charge in [-0.25, -0.2) is 19.9 Å². The Labute approximate surface area is 204 Å². The number of hydrogen-bond acceptors (Lipinski definition) is 11. The van der Waals surface area contributed by atoms with E-state index < -0.39 is 0 Å². The molecule has 4 rings (SSSR count). The number of amides is 1. The Kier molecular flexibility index (Phi) is 8.14. The standard InChI is InChI=1S/C22H33N9O2S/c1-14-11-18(29-22(26-14)27-17(32)12-23)34-19-13-25-20(31-9-7-30(2)8-10-31)21(28-19)33-16-5-3-15(24)4-6-16/h11,13,15-16H,3-10,12,23-24H2,1-2H3,(H,26,27,29,32). The fraction of sp³-hybridized carbons (Fsp3) is 0.591. The number of rotatable bonds is 7. The predicted octanol–water partition coefficient (Wildman–Crippen LogP) is 1.02. The predicted molar refractivity (Wildman–Crippen MR) is 131 cm³/mol. The van der Waals surface area contributed by atoms with Gasteiger partial charge in [0.2, 0.25) is 11.9 Å². The van der Waals surface area contributed by atoms with Crippen LogP contribution < -0.4 is 26.4 Å². The highest BCUT2D eigenvalue weighted by Gasteiger charge is 2.25. The molecule has 3 heterocycles. The van der Waals surface area contributed by atoms with Crippen molar-refractivity contribution >= 4 is 29.4 Å². The largest absolute Gasteiger partial charge is 0.472 e. The first-order valence-corrected chi connectivity index (χ1v) is 12.5. The van der Waals surface area contributed by atoms with Crippen LogP contribution in [0.25, 0.3) is 0 Å². The molecular formula is C22H33N9O2S. The number of likely N-dealkylation sites (N-methyl/N-ethyl adjacent to an activating group) is 1. The Morgan fingerprint density at radius 3 is 2.59 bits per heavy atom. The summed E-state index contributed by atoms with van der Waals surface area (Å²) < 4.78 is 6.41. The fourth-order valence-corrected chi connectivity index (χ4v) is 4.82. The van der Waals surface area contributed by atoms with Gasteiger partial charge in [-0.15, -0.1) is 0 Å². The lowest BCUT2D eigenvalue weighted by Gasteiger charge is -2.34. The van der Waals surface area contributed by atoms with Crippen molar-refractivity contribution in [2.75, 3.05) is 50.0 Å². The molecule has 1 saturated heterocycles. The molecule has 1 amide bonds. The third kappa shape index (κ3) is 6.53. The molecule has 11 nitrogen and oxygen atoms in total. The van der Waals surface area contributed by atoms with E-state index >= 15 is 0 Å². The second-order valence-electron chi connectivity index (χ2n) is 8.81. The molecule has 34 heavy (non-hydrogen) atoms. The summed E-state index contributed by atoms with van der Waals surface area (Å²) in [5, 5.41) is 3.91. The maximum Gasteiger partial charge on any atom is 0.259 e. The zero-order valence-corrected chi connectivity index (χ0v) is 20.6. The smallest absolute Gasteiger partial charge is 0.259 e. The summed E-state index contributed by atoms with van der Waals surface area (Å²) in [5.41, 5.74) is 12.2. The van der Waals surface area contributed by atoms with Crippen LogP contribution in [-0.4, -0.2) is 82.7 Å². The number of hydrogen-bond donors (Lipinski definition) is 3. The Balaban J connectivity index is 1.56. The van der Waals surface area contributed by atoms with Gasteiger partial charge in [0, 0.05) is 37.9 Å². The number of nitrogens with one attached hydrogen (secondary N) is 1.